The number of nitrogens with zero attached hydrogens (tertiary/aromatic N) is 2. The second kappa shape index (κ2) is 9.94. The zero-order chi connectivity index (χ0) is 13.7. The molecule has 2 N–H and O–H groups in total. The Morgan fingerprint density at radius 2 is 1.95 bits per heavy atom. The molecule has 122 valence electrons. The van der Waals surface area contributed by atoms with E-state index < -0.39 is 10.0 Å². The number of halogens is 3. The molecule has 6 nitrogen and oxygen atoms in total. The van der Waals surface area contributed by atoms with Crippen LogP contribution in [0.4, 0.5) is 0 Å². The molecule has 0 spiro atoms. The summed E-state index contributed by atoms with van der Waals surface area (Å²) >= 11 is 3.22. The molecule has 0 bridgehead atoms. The van der Waals surface area contributed by atoms with Crippen molar-refractivity contribution in [3.8, 4) is 0 Å². The minimum atomic E-state index is -3.47. The fraction of sp³-hybridized carbons (Fsp3) is 0.545. The van der Waals surface area contributed by atoms with Crippen molar-refractivity contribution < 1.29 is 8.42 Å². The van der Waals surface area contributed by atoms with Gasteiger partial charge < -0.3 is 5.32 Å². The van der Waals surface area contributed by atoms with E-state index in [1.54, 1.807) is 12.3 Å². The molecule has 1 aromatic heterocycles. The van der Waals surface area contributed by atoms with Crippen LogP contribution >= 0.6 is 40.7 Å². The first-order chi connectivity index (χ1) is 9.08. The molecule has 1 fully saturated rings. The number of pyridine rings is 1. The Hall–Kier alpha value is 0.0400. The van der Waals surface area contributed by atoms with Crippen LogP contribution in [0.2, 0.25) is 0 Å². The van der Waals surface area contributed by atoms with Gasteiger partial charge in [0.1, 0.15) is 4.90 Å². The summed E-state index contributed by atoms with van der Waals surface area (Å²) in [7, 11) is -3.47. The summed E-state index contributed by atoms with van der Waals surface area (Å²) in [5.41, 5.74) is 0. The van der Waals surface area contributed by atoms with Crippen LogP contribution in [0.5, 0.6) is 0 Å². The highest BCUT2D eigenvalue weighted by Crippen LogP contribution is 2.13. The molecule has 2 rings (SSSR count). The van der Waals surface area contributed by atoms with E-state index in [2.05, 4.69) is 35.9 Å². The highest BCUT2D eigenvalue weighted by atomic mass is 79.9. The average molecular weight is 422 g/mol. The van der Waals surface area contributed by atoms with Crippen LogP contribution in [0.1, 0.15) is 0 Å². The number of hydrogen-bond donors (Lipinski definition) is 2. The van der Waals surface area contributed by atoms with Gasteiger partial charge in [0.15, 0.2) is 0 Å². The SMILES string of the molecule is Cl.Cl.O=S(=O)(NCCN1CCNCC1)c1cncc(Br)c1. The molecule has 0 saturated carbocycles. The van der Waals surface area contributed by atoms with Crippen LogP contribution in [0.3, 0.4) is 0 Å². The van der Waals surface area contributed by atoms with Crippen molar-refractivity contribution in [1.29, 1.82) is 0 Å². The van der Waals surface area contributed by atoms with Gasteiger partial charge >= 0.3 is 0 Å². The number of hydrogen-bond acceptors (Lipinski definition) is 5. The monoisotopic (exact) mass is 420 g/mol. The lowest BCUT2D eigenvalue weighted by Gasteiger charge is -2.27. The fourth-order valence-corrected chi connectivity index (χ4v) is 3.42. The fourth-order valence-electron chi connectivity index (χ4n) is 1.90. The van der Waals surface area contributed by atoms with Crippen LogP contribution in [0.15, 0.2) is 27.8 Å². The summed E-state index contributed by atoms with van der Waals surface area (Å²) in [6.07, 6.45) is 2.90. The standard InChI is InChI=1S/C11H17BrN4O2S.2ClH/c12-10-7-11(9-14-8-10)19(17,18)15-3-6-16-4-1-13-2-5-16;;/h7-9,13,15H,1-6H2;2*1H. The Labute approximate surface area is 146 Å². The van der Waals surface area contributed by atoms with Crippen LogP contribution in [0.25, 0.3) is 0 Å². The van der Waals surface area contributed by atoms with Gasteiger partial charge in [-0.25, -0.2) is 13.1 Å². The first-order valence-corrected chi connectivity index (χ1v) is 8.39. The van der Waals surface area contributed by atoms with E-state index in [1.807, 2.05) is 0 Å². The van der Waals surface area contributed by atoms with Gasteiger partial charge in [0.2, 0.25) is 10.0 Å². The highest BCUT2D eigenvalue weighted by Gasteiger charge is 2.15. The molecule has 0 aromatic carbocycles. The zero-order valence-electron chi connectivity index (χ0n) is 11.3. The molecule has 1 aromatic rings. The molecule has 0 aliphatic carbocycles. The Morgan fingerprint density at radius 3 is 2.57 bits per heavy atom. The number of rotatable bonds is 5. The summed E-state index contributed by atoms with van der Waals surface area (Å²) < 4.78 is 27.3. The summed E-state index contributed by atoms with van der Waals surface area (Å²) in [5, 5.41) is 3.26. The van der Waals surface area contributed by atoms with Gasteiger partial charge in [0.05, 0.1) is 0 Å². The normalized spacial score (nSPS) is 15.9. The average Bonchev–Trinajstić information content (AvgIpc) is 2.40. The molecular weight excluding hydrogens is 403 g/mol. The zero-order valence-corrected chi connectivity index (χ0v) is 15.3. The Bertz CT molecular complexity index is 527. The minimum absolute atomic E-state index is 0. The summed E-state index contributed by atoms with van der Waals surface area (Å²) in [4.78, 5) is 6.28. The Morgan fingerprint density at radius 1 is 1.29 bits per heavy atom. The molecule has 1 aliphatic heterocycles. The van der Waals surface area contributed by atoms with E-state index in [0.717, 1.165) is 32.7 Å². The van der Waals surface area contributed by atoms with Gasteiger partial charge in [-0.3, -0.25) is 9.88 Å². The molecule has 0 amide bonds. The van der Waals surface area contributed by atoms with E-state index >= 15 is 0 Å². The van der Waals surface area contributed by atoms with Crippen molar-refractivity contribution in [3.63, 3.8) is 0 Å². The maximum absolute atomic E-state index is 12.0. The van der Waals surface area contributed by atoms with Crippen LogP contribution in [-0.4, -0.2) is 57.6 Å². The van der Waals surface area contributed by atoms with E-state index in [4.69, 9.17) is 0 Å². The van der Waals surface area contributed by atoms with E-state index in [1.165, 1.54) is 6.20 Å². The smallest absolute Gasteiger partial charge is 0.242 e. The van der Waals surface area contributed by atoms with Crippen molar-refractivity contribution in [3.05, 3.63) is 22.9 Å². The van der Waals surface area contributed by atoms with Gasteiger partial charge in [-0.1, -0.05) is 0 Å². The maximum Gasteiger partial charge on any atom is 0.242 e. The van der Waals surface area contributed by atoms with Gasteiger partial charge in [-0.05, 0) is 22.0 Å². The molecule has 0 unspecified atom stereocenters. The highest BCUT2D eigenvalue weighted by molar-refractivity contribution is 9.10. The van der Waals surface area contributed by atoms with Gasteiger partial charge in [-0.2, -0.15) is 0 Å². The lowest BCUT2D eigenvalue weighted by atomic mass is 10.3. The van der Waals surface area contributed by atoms with Crippen molar-refractivity contribution >= 4 is 50.8 Å². The third-order valence-corrected chi connectivity index (χ3v) is 4.78. The first kappa shape index (κ1) is 21.0. The van der Waals surface area contributed by atoms with Gasteiger partial charge in [0, 0.05) is 56.1 Å². The molecule has 10 heteroatoms. The number of nitrogens with one attached hydrogen (secondary N) is 2. The second-order valence-electron chi connectivity index (χ2n) is 4.33. The van der Waals surface area contributed by atoms with Crippen molar-refractivity contribution in [2.24, 2.45) is 0 Å². The maximum atomic E-state index is 12.0. The quantitative estimate of drug-likeness (QED) is 0.737. The topological polar surface area (TPSA) is 74.3 Å². The first-order valence-electron chi connectivity index (χ1n) is 6.11. The summed E-state index contributed by atoms with van der Waals surface area (Å²) in [6.45, 7) is 4.97. The largest absolute Gasteiger partial charge is 0.314 e. The van der Waals surface area contributed by atoms with Gasteiger partial charge in [0.25, 0.3) is 0 Å². The Balaban J connectivity index is 0.00000200. The lowest BCUT2D eigenvalue weighted by Crippen LogP contribution is -2.46. The van der Waals surface area contributed by atoms with Gasteiger partial charge in [-0.15, -0.1) is 24.8 Å². The lowest BCUT2D eigenvalue weighted by molar-refractivity contribution is 0.245. The second-order valence-corrected chi connectivity index (χ2v) is 7.01. The molecular formula is C11H19BrCl2N4O2S. The molecule has 0 atom stereocenters. The van der Waals surface area contributed by atoms with Crippen molar-refractivity contribution in [1.82, 2.24) is 19.9 Å². The minimum Gasteiger partial charge on any atom is -0.314 e. The van der Waals surface area contributed by atoms with Crippen LogP contribution < -0.4 is 10.0 Å². The summed E-state index contributed by atoms with van der Waals surface area (Å²) in [5.74, 6) is 0. The van der Waals surface area contributed by atoms with Crippen LogP contribution in [-0.2, 0) is 10.0 Å². The van der Waals surface area contributed by atoms with Crippen LogP contribution in [0, 0.1) is 0 Å². The van der Waals surface area contributed by atoms with Crippen molar-refractivity contribution in [2.45, 2.75) is 4.90 Å². The Kier molecular flexibility index (Phi) is 9.96. The van der Waals surface area contributed by atoms with E-state index in [0.29, 0.717) is 11.0 Å². The van der Waals surface area contributed by atoms with E-state index in [-0.39, 0.29) is 29.7 Å². The molecule has 1 saturated heterocycles. The number of sulfonamides is 1. The molecule has 0 radical (unpaired) electrons. The predicted octanol–water partition coefficient (Wildman–Crippen LogP) is 0.871. The third-order valence-electron chi connectivity index (χ3n) is 2.92. The number of piperazine rings is 1. The third kappa shape index (κ3) is 6.77. The predicted molar refractivity (Wildman–Crippen MR) is 90.9 cm³/mol. The molecule has 1 aliphatic rings. The number of aromatic nitrogens is 1. The molecule has 2 heterocycles. The summed E-state index contributed by atoms with van der Waals surface area (Å²) in [6, 6.07) is 1.54. The van der Waals surface area contributed by atoms with Crippen molar-refractivity contribution in [2.75, 3.05) is 39.3 Å². The molecule has 21 heavy (non-hydrogen) atoms. The van der Waals surface area contributed by atoms with E-state index in [9.17, 15) is 8.42 Å².